The molecule has 0 spiro atoms. The molecule has 2 nitrogen and oxygen atoms in total. The van der Waals surface area contributed by atoms with E-state index in [-0.39, 0.29) is 0 Å². The van der Waals surface area contributed by atoms with Gasteiger partial charge in [-0.2, -0.15) is 0 Å². The molecule has 0 saturated carbocycles. The number of piperazine rings is 1. The maximum Gasteiger partial charge on any atom is 0.127 e. The zero-order chi connectivity index (χ0) is 10.5. The molecule has 0 bridgehead atoms. The van der Waals surface area contributed by atoms with Crippen molar-refractivity contribution >= 4 is 0 Å². The first kappa shape index (κ1) is 10.7. The lowest BCUT2D eigenvalue weighted by Crippen LogP contribution is -3.27. The highest BCUT2D eigenvalue weighted by Crippen LogP contribution is 1.94. The summed E-state index contributed by atoms with van der Waals surface area (Å²) in [6, 6.07) is 10.9. The average Bonchev–Trinajstić information content (AvgIpc) is 2.31. The van der Waals surface area contributed by atoms with E-state index in [1.54, 1.807) is 9.80 Å². The molecule has 0 unspecified atom stereocenters. The zero-order valence-electron chi connectivity index (χ0n) is 9.63. The second kappa shape index (κ2) is 5.29. The van der Waals surface area contributed by atoms with Crippen LogP contribution in [0.4, 0.5) is 0 Å². The summed E-state index contributed by atoms with van der Waals surface area (Å²) >= 11 is 0. The normalized spacial score (nSPS) is 26.5. The molecule has 2 heteroatoms. The van der Waals surface area contributed by atoms with Gasteiger partial charge in [-0.15, -0.1) is 0 Å². The van der Waals surface area contributed by atoms with Crippen molar-refractivity contribution < 1.29 is 9.80 Å². The molecular weight excluding hydrogens is 184 g/mol. The van der Waals surface area contributed by atoms with Crippen LogP contribution in [-0.4, -0.2) is 32.7 Å². The molecule has 0 radical (unpaired) electrons. The van der Waals surface area contributed by atoms with Crippen molar-refractivity contribution in [1.82, 2.24) is 0 Å². The number of hydrogen-bond donors (Lipinski definition) is 2. The molecule has 1 aliphatic heterocycles. The van der Waals surface area contributed by atoms with Crippen molar-refractivity contribution in [2.45, 2.75) is 13.5 Å². The Kier molecular flexibility index (Phi) is 3.75. The Balaban J connectivity index is 1.82. The molecule has 1 aromatic rings. The molecule has 0 atom stereocenters. The van der Waals surface area contributed by atoms with Gasteiger partial charge < -0.3 is 9.80 Å². The third-order valence-electron chi connectivity index (χ3n) is 3.46. The van der Waals surface area contributed by atoms with Gasteiger partial charge >= 0.3 is 0 Å². The molecule has 1 saturated heterocycles. The standard InChI is InChI=1S/C13H20N2/c1-2-14-8-10-15(11-9-14)12-13-6-4-3-5-7-13/h3-7H,2,8-12H2,1H3/p+2. The van der Waals surface area contributed by atoms with Crippen molar-refractivity contribution in [3.8, 4) is 0 Å². The Morgan fingerprint density at radius 3 is 2.13 bits per heavy atom. The molecule has 1 aliphatic rings. The summed E-state index contributed by atoms with van der Waals surface area (Å²) in [5.74, 6) is 0. The van der Waals surface area contributed by atoms with Gasteiger partial charge in [-0.1, -0.05) is 30.3 Å². The molecule has 1 aromatic carbocycles. The fourth-order valence-corrected chi connectivity index (χ4v) is 2.37. The minimum atomic E-state index is 1.21. The van der Waals surface area contributed by atoms with Crippen LogP contribution in [0.15, 0.2) is 30.3 Å². The monoisotopic (exact) mass is 206 g/mol. The highest BCUT2D eigenvalue weighted by atomic mass is 15.3. The van der Waals surface area contributed by atoms with Crippen LogP contribution in [0.3, 0.4) is 0 Å². The summed E-state index contributed by atoms with van der Waals surface area (Å²) in [4.78, 5) is 3.52. The second-order valence-corrected chi connectivity index (χ2v) is 4.52. The Hall–Kier alpha value is -0.860. The van der Waals surface area contributed by atoms with Gasteiger partial charge in [0.15, 0.2) is 0 Å². The first-order valence-corrected chi connectivity index (χ1v) is 6.09. The van der Waals surface area contributed by atoms with Crippen molar-refractivity contribution in [2.75, 3.05) is 32.7 Å². The SMILES string of the molecule is CC[NH+]1CC[NH+](Cc2ccccc2)CC1. The predicted molar refractivity (Wildman–Crippen MR) is 62.1 cm³/mol. The number of hydrogen-bond acceptors (Lipinski definition) is 0. The van der Waals surface area contributed by atoms with Gasteiger partial charge in [-0.25, -0.2) is 0 Å². The van der Waals surface area contributed by atoms with Crippen LogP contribution in [0.2, 0.25) is 0 Å². The van der Waals surface area contributed by atoms with Crippen molar-refractivity contribution in [1.29, 1.82) is 0 Å². The third kappa shape index (κ3) is 3.05. The van der Waals surface area contributed by atoms with Crippen LogP contribution >= 0.6 is 0 Å². The highest BCUT2D eigenvalue weighted by molar-refractivity contribution is 5.13. The van der Waals surface area contributed by atoms with Crippen molar-refractivity contribution in [2.24, 2.45) is 0 Å². The molecule has 0 aromatic heterocycles. The maximum absolute atomic E-state index is 2.29. The number of benzene rings is 1. The third-order valence-corrected chi connectivity index (χ3v) is 3.46. The summed E-state index contributed by atoms with van der Waals surface area (Å²) < 4.78 is 0. The fraction of sp³-hybridized carbons (Fsp3) is 0.538. The molecule has 0 amide bonds. The molecule has 2 rings (SSSR count). The van der Waals surface area contributed by atoms with E-state index in [1.807, 2.05) is 0 Å². The molecule has 82 valence electrons. The molecule has 1 fully saturated rings. The Bertz CT molecular complexity index is 276. The maximum atomic E-state index is 2.29. The Morgan fingerprint density at radius 2 is 1.53 bits per heavy atom. The van der Waals surface area contributed by atoms with Crippen LogP contribution < -0.4 is 9.80 Å². The van der Waals surface area contributed by atoms with E-state index >= 15 is 0 Å². The molecular formula is C13H22N2+2. The van der Waals surface area contributed by atoms with Crippen LogP contribution in [0.25, 0.3) is 0 Å². The predicted octanol–water partition coefficient (Wildman–Crippen LogP) is -1.01. The molecule has 15 heavy (non-hydrogen) atoms. The van der Waals surface area contributed by atoms with E-state index in [9.17, 15) is 0 Å². The van der Waals surface area contributed by atoms with Crippen LogP contribution in [0, 0.1) is 0 Å². The van der Waals surface area contributed by atoms with Gasteiger partial charge in [0.25, 0.3) is 0 Å². The van der Waals surface area contributed by atoms with E-state index in [0.29, 0.717) is 0 Å². The van der Waals surface area contributed by atoms with Crippen molar-refractivity contribution in [3.63, 3.8) is 0 Å². The smallest absolute Gasteiger partial charge is 0.127 e. The van der Waals surface area contributed by atoms with E-state index in [2.05, 4.69) is 37.3 Å². The van der Waals surface area contributed by atoms with E-state index < -0.39 is 0 Å². The number of nitrogens with one attached hydrogen (secondary N) is 2. The van der Waals surface area contributed by atoms with Gasteiger partial charge in [0.1, 0.15) is 32.7 Å². The summed E-state index contributed by atoms with van der Waals surface area (Å²) in [5, 5.41) is 0. The van der Waals surface area contributed by atoms with Crippen LogP contribution in [0.5, 0.6) is 0 Å². The highest BCUT2D eigenvalue weighted by Gasteiger charge is 2.21. The minimum Gasteiger partial charge on any atom is -0.326 e. The Morgan fingerprint density at radius 1 is 0.933 bits per heavy atom. The number of likely N-dealkylation sites (N-methyl/N-ethyl adjacent to an activating group) is 1. The Labute approximate surface area is 92.5 Å². The molecule has 1 heterocycles. The topological polar surface area (TPSA) is 8.88 Å². The molecule has 2 N–H and O–H groups in total. The summed E-state index contributed by atoms with van der Waals surface area (Å²) in [5.41, 5.74) is 1.48. The average molecular weight is 206 g/mol. The van der Waals surface area contributed by atoms with E-state index in [0.717, 1.165) is 0 Å². The number of rotatable bonds is 3. The summed E-state index contributed by atoms with van der Waals surface area (Å²) in [6.07, 6.45) is 0. The van der Waals surface area contributed by atoms with Crippen molar-refractivity contribution in [3.05, 3.63) is 35.9 Å². The van der Waals surface area contributed by atoms with Gasteiger partial charge in [0, 0.05) is 5.56 Å². The first-order chi connectivity index (χ1) is 7.38. The van der Waals surface area contributed by atoms with Crippen LogP contribution in [-0.2, 0) is 6.54 Å². The van der Waals surface area contributed by atoms with Gasteiger partial charge in [0.2, 0.25) is 0 Å². The first-order valence-electron chi connectivity index (χ1n) is 6.09. The van der Waals surface area contributed by atoms with Gasteiger partial charge in [0.05, 0.1) is 6.54 Å². The largest absolute Gasteiger partial charge is 0.326 e. The van der Waals surface area contributed by atoms with Gasteiger partial charge in [-0.3, -0.25) is 0 Å². The number of quaternary nitrogens is 2. The van der Waals surface area contributed by atoms with Crippen LogP contribution in [0.1, 0.15) is 12.5 Å². The zero-order valence-corrected chi connectivity index (χ0v) is 9.63. The second-order valence-electron chi connectivity index (χ2n) is 4.52. The summed E-state index contributed by atoms with van der Waals surface area (Å²) in [6.45, 7) is 10.1. The lowest BCUT2D eigenvalue weighted by atomic mass is 10.2. The lowest BCUT2D eigenvalue weighted by molar-refractivity contribution is -1.02. The van der Waals surface area contributed by atoms with E-state index in [1.165, 1.54) is 44.8 Å². The van der Waals surface area contributed by atoms with Gasteiger partial charge in [-0.05, 0) is 6.92 Å². The van der Waals surface area contributed by atoms with E-state index in [4.69, 9.17) is 0 Å². The quantitative estimate of drug-likeness (QED) is 0.627. The summed E-state index contributed by atoms with van der Waals surface area (Å²) in [7, 11) is 0. The minimum absolute atomic E-state index is 1.21. The lowest BCUT2D eigenvalue weighted by Gasteiger charge is -2.28. The fourth-order valence-electron chi connectivity index (χ4n) is 2.37. The molecule has 0 aliphatic carbocycles.